The number of pyridine rings is 1. The highest BCUT2D eigenvalue weighted by atomic mass is 19.4. The molecule has 1 aromatic carbocycles. The molecule has 156 valence electrons. The molecule has 0 unspecified atom stereocenters. The Morgan fingerprint density at radius 2 is 1.87 bits per heavy atom. The molecule has 0 aliphatic carbocycles. The topological polar surface area (TPSA) is 72.1 Å². The molecule has 0 saturated carbocycles. The molecule has 0 spiro atoms. The minimum atomic E-state index is -4.50. The van der Waals surface area contributed by atoms with Crippen molar-refractivity contribution in [1.29, 1.82) is 0 Å². The minimum Gasteiger partial charge on any atom is -0.339 e. The summed E-state index contributed by atoms with van der Waals surface area (Å²) >= 11 is 0. The number of alkyl halides is 3. The number of hydrogen-bond donors (Lipinski definition) is 0. The molecule has 0 N–H and O–H groups in total. The van der Waals surface area contributed by atoms with E-state index in [9.17, 15) is 18.0 Å². The van der Waals surface area contributed by atoms with E-state index in [1.165, 1.54) is 6.07 Å². The highest BCUT2D eigenvalue weighted by Crippen LogP contribution is 2.31. The predicted molar refractivity (Wildman–Crippen MR) is 102 cm³/mol. The van der Waals surface area contributed by atoms with Crippen LogP contribution in [-0.4, -0.2) is 39.0 Å². The van der Waals surface area contributed by atoms with Gasteiger partial charge in [-0.1, -0.05) is 23.4 Å². The number of rotatable bonds is 3. The van der Waals surface area contributed by atoms with Gasteiger partial charge in [0.1, 0.15) is 5.69 Å². The number of halogens is 3. The van der Waals surface area contributed by atoms with E-state index in [0.717, 1.165) is 17.8 Å². The smallest absolute Gasteiger partial charge is 0.339 e. The Hall–Kier alpha value is -3.23. The molecule has 1 aliphatic heterocycles. The van der Waals surface area contributed by atoms with Crippen molar-refractivity contribution in [3.05, 3.63) is 65.3 Å². The molecule has 1 saturated heterocycles. The molecule has 0 radical (unpaired) electrons. The second-order valence-electron chi connectivity index (χ2n) is 7.27. The molecule has 1 fully saturated rings. The van der Waals surface area contributed by atoms with E-state index in [2.05, 4.69) is 15.1 Å². The van der Waals surface area contributed by atoms with Crippen molar-refractivity contribution in [1.82, 2.24) is 20.0 Å². The van der Waals surface area contributed by atoms with E-state index in [4.69, 9.17) is 4.52 Å². The maximum Gasteiger partial charge on any atom is 0.433 e. The third-order valence-corrected chi connectivity index (χ3v) is 5.26. The van der Waals surface area contributed by atoms with E-state index in [1.807, 2.05) is 36.1 Å². The van der Waals surface area contributed by atoms with Crippen LogP contribution in [-0.2, 0) is 6.18 Å². The molecule has 4 rings (SSSR count). The van der Waals surface area contributed by atoms with Gasteiger partial charge in [0, 0.05) is 36.3 Å². The monoisotopic (exact) mass is 416 g/mol. The molecular weight excluding hydrogens is 397 g/mol. The van der Waals surface area contributed by atoms with Crippen LogP contribution < -0.4 is 0 Å². The quantitative estimate of drug-likeness (QED) is 0.630. The normalized spacial score (nSPS) is 15.4. The van der Waals surface area contributed by atoms with Crippen molar-refractivity contribution < 1.29 is 22.5 Å². The van der Waals surface area contributed by atoms with Crippen LogP contribution in [0.25, 0.3) is 11.4 Å². The first-order valence-corrected chi connectivity index (χ1v) is 9.55. The van der Waals surface area contributed by atoms with Gasteiger partial charge >= 0.3 is 6.18 Å². The molecular formula is C21H19F3N4O2. The lowest BCUT2D eigenvalue weighted by Crippen LogP contribution is -2.38. The van der Waals surface area contributed by atoms with Gasteiger partial charge < -0.3 is 9.42 Å². The summed E-state index contributed by atoms with van der Waals surface area (Å²) in [6.45, 7) is 3.05. The Balaban J connectivity index is 1.41. The summed E-state index contributed by atoms with van der Waals surface area (Å²) in [5, 5.41) is 3.88. The van der Waals surface area contributed by atoms with Gasteiger partial charge in [-0.15, -0.1) is 0 Å². The lowest BCUT2D eigenvalue weighted by Gasteiger charge is -2.30. The van der Waals surface area contributed by atoms with Crippen molar-refractivity contribution in [3.63, 3.8) is 0 Å². The Labute approximate surface area is 170 Å². The summed E-state index contributed by atoms with van der Waals surface area (Å²) in [5.41, 5.74) is 1.02. The molecule has 3 aromatic rings. The number of aryl methyl sites for hydroxylation is 1. The SMILES string of the molecule is Cc1ccccc1C(=O)N1CCC(c2nc(-c3ccc(C(F)(F)F)nc3)no2)CC1. The number of hydrogen-bond acceptors (Lipinski definition) is 5. The fourth-order valence-electron chi connectivity index (χ4n) is 3.52. The lowest BCUT2D eigenvalue weighted by molar-refractivity contribution is -0.141. The zero-order valence-corrected chi connectivity index (χ0v) is 16.2. The van der Waals surface area contributed by atoms with Gasteiger partial charge in [-0.3, -0.25) is 9.78 Å². The summed E-state index contributed by atoms with van der Waals surface area (Å²) in [5.74, 6) is 0.626. The van der Waals surface area contributed by atoms with Crippen molar-refractivity contribution in [2.24, 2.45) is 0 Å². The summed E-state index contributed by atoms with van der Waals surface area (Å²) in [7, 11) is 0. The van der Waals surface area contributed by atoms with E-state index >= 15 is 0 Å². The van der Waals surface area contributed by atoms with Crippen LogP contribution in [0, 0.1) is 6.92 Å². The number of carbonyl (C=O) groups is 1. The molecule has 1 aliphatic rings. The first kappa shape index (κ1) is 20.1. The molecule has 1 amide bonds. The fraction of sp³-hybridized carbons (Fsp3) is 0.333. The standard InChI is InChI=1S/C21H19F3N4O2/c1-13-4-2-3-5-16(13)20(29)28-10-8-14(9-11-28)19-26-18(27-30-19)15-6-7-17(25-12-15)21(22,23)24/h2-7,12,14H,8-11H2,1H3. The fourth-order valence-corrected chi connectivity index (χ4v) is 3.52. The minimum absolute atomic E-state index is 0.00502. The van der Waals surface area contributed by atoms with E-state index in [-0.39, 0.29) is 17.6 Å². The number of aromatic nitrogens is 3. The maximum absolute atomic E-state index is 12.7. The van der Waals surface area contributed by atoms with Crippen molar-refractivity contribution in [2.75, 3.05) is 13.1 Å². The summed E-state index contributed by atoms with van der Waals surface area (Å²) in [6.07, 6.45) is -2.07. The molecule has 30 heavy (non-hydrogen) atoms. The third-order valence-electron chi connectivity index (χ3n) is 5.26. The van der Waals surface area contributed by atoms with Gasteiger partial charge in [-0.2, -0.15) is 18.2 Å². The Morgan fingerprint density at radius 3 is 2.50 bits per heavy atom. The van der Waals surface area contributed by atoms with Crippen LogP contribution in [0.4, 0.5) is 13.2 Å². The summed E-state index contributed by atoms with van der Waals surface area (Å²) in [4.78, 5) is 22.3. The maximum atomic E-state index is 12.7. The number of benzene rings is 1. The zero-order chi connectivity index (χ0) is 21.3. The zero-order valence-electron chi connectivity index (χ0n) is 16.2. The number of piperidine rings is 1. The van der Waals surface area contributed by atoms with Crippen LogP contribution in [0.5, 0.6) is 0 Å². The molecule has 9 heteroatoms. The van der Waals surface area contributed by atoms with Crippen molar-refractivity contribution in [2.45, 2.75) is 31.9 Å². The molecule has 0 atom stereocenters. The summed E-state index contributed by atoms with van der Waals surface area (Å²) < 4.78 is 43.3. The Kier molecular flexibility index (Phi) is 5.27. The largest absolute Gasteiger partial charge is 0.433 e. The highest BCUT2D eigenvalue weighted by Gasteiger charge is 2.32. The van der Waals surface area contributed by atoms with Gasteiger partial charge in [0.25, 0.3) is 5.91 Å². The van der Waals surface area contributed by atoms with Crippen LogP contribution >= 0.6 is 0 Å². The van der Waals surface area contributed by atoms with Crippen LogP contribution in [0.1, 0.15) is 46.3 Å². The summed E-state index contributed by atoms with van der Waals surface area (Å²) in [6, 6.07) is 9.65. The Morgan fingerprint density at radius 1 is 1.13 bits per heavy atom. The van der Waals surface area contributed by atoms with Crippen molar-refractivity contribution in [3.8, 4) is 11.4 Å². The van der Waals surface area contributed by atoms with Gasteiger partial charge in [0.15, 0.2) is 0 Å². The highest BCUT2D eigenvalue weighted by molar-refractivity contribution is 5.95. The van der Waals surface area contributed by atoms with Gasteiger partial charge in [0.2, 0.25) is 11.7 Å². The first-order valence-electron chi connectivity index (χ1n) is 9.55. The van der Waals surface area contributed by atoms with Gasteiger partial charge in [-0.05, 0) is 43.5 Å². The predicted octanol–water partition coefficient (Wildman–Crippen LogP) is 4.48. The van der Waals surface area contributed by atoms with E-state index in [0.29, 0.717) is 42.9 Å². The molecule has 6 nitrogen and oxygen atoms in total. The number of nitrogens with zero attached hydrogens (tertiary/aromatic N) is 4. The third kappa shape index (κ3) is 4.05. The Bertz CT molecular complexity index is 1040. The number of likely N-dealkylation sites (tertiary alicyclic amines) is 1. The van der Waals surface area contributed by atoms with Gasteiger partial charge in [-0.25, -0.2) is 0 Å². The molecule has 3 heterocycles. The average molecular weight is 416 g/mol. The van der Waals surface area contributed by atoms with Gasteiger partial charge in [0.05, 0.1) is 0 Å². The molecule has 2 aromatic heterocycles. The number of carbonyl (C=O) groups excluding carboxylic acids is 1. The molecule has 0 bridgehead atoms. The lowest BCUT2D eigenvalue weighted by atomic mass is 9.96. The van der Waals surface area contributed by atoms with E-state index in [1.54, 1.807) is 0 Å². The van der Waals surface area contributed by atoms with Crippen LogP contribution in [0.15, 0.2) is 47.1 Å². The van der Waals surface area contributed by atoms with Crippen LogP contribution in [0.3, 0.4) is 0 Å². The number of amides is 1. The van der Waals surface area contributed by atoms with Crippen LogP contribution in [0.2, 0.25) is 0 Å². The van der Waals surface area contributed by atoms with Crippen molar-refractivity contribution >= 4 is 5.91 Å². The average Bonchev–Trinajstić information content (AvgIpc) is 3.23. The first-order chi connectivity index (χ1) is 14.3. The van der Waals surface area contributed by atoms with E-state index < -0.39 is 11.9 Å². The second-order valence-corrected chi connectivity index (χ2v) is 7.27. The second kappa shape index (κ2) is 7.89.